The van der Waals surface area contributed by atoms with E-state index in [1.165, 1.54) is 37.9 Å². The number of likely N-dealkylation sites (tertiary alicyclic amines) is 1. The lowest BCUT2D eigenvalue weighted by atomic mass is 10.1. The molecule has 1 fully saturated rings. The third-order valence-corrected chi connectivity index (χ3v) is 5.51. The predicted molar refractivity (Wildman–Crippen MR) is 118 cm³/mol. The maximum Gasteiger partial charge on any atom is 0.338 e. The van der Waals surface area contributed by atoms with Crippen LogP contribution in [0.2, 0.25) is 0 Å². The number of ether oxygens (including phenoxy) is 1. The van der Waals surface area contributed by atoms with Gasteiger partial charge in [0, 0.05) is 29.7 Å². The van der Waals surface area contributed by atoms with E-state index >= 15 is 0 Å². The molecule has 0 spiro atoms. The van der Waals surface area contributed by atoms with E-state index in [1.807, 2.05) is 12.1 Å². The first kappa shape index (κ1) is 20.2. The number of benzene rings is 2. The van der Waals surface area contributed by atoms with Crippen molar-refractivity contribution in [3.8, 4) is 0 Å². The van der Waals surface area contributed by atoms with Gasteiger partial charge in [-0.3, -0.25) is 9.69 Å². The zero-order chi connectivity index (χ0) is 20.9. The van der Waals surface area contributed by atoms with Gasteiger partial charge in [-0.05, 0) is 62.7 Å². The van der Waals surface area contributed by atoms with Gasteiger partial charge < -0.3 is 15.4 Å². The summed E-state index contributed by atoms with van der Waals surface area (Å²) in [7, 11) is 0. The van der Waals surface area contributed by atoms with Gasteiger partial charge in [-0.15, -0.1) is 0 Å². The van der Waals surface area contributed by atoms with E-state index in [1.54, 1.807) is 31.3 Å². The molecule has 6 heteroatoms. The van der Waals surface area contributed by atoms with Crippen molar-refractivity contribution in [1.29, 1.82) is 0 Å². The second kappa shape index (κ2) is 9.13. The zero-order valence-corrected chi connectivity index (χ0v) is 17.2. The number of carbonyl (C=O) groups excluding carboxylic acids is 2. The van der Waals surface area contributed by atoms with Gasteiger partial charge in [0.15, 0.2) is 0 Å². The van der Waals surface area contributed by atoms with Gasteiger partial charge in [-0.25, -0.2) is 4.79 Å². The number of amides is 1. The van der Waals surface area contributed by atoms with Crippen LogP contribution in [0.5, 0.6) is 0 Å². The lowest BCUT2D eigenvalue weighted by Gasteiger charge is -2.26. The topological polar surface area (TPSA) is 70.7 Å². The van der Waals surface area contributed by atoms with Gasteiger partial charge in [0.05, 0.1) is 17.7 Å². The van der Waals surface area contributed by atoms with E-state index in [4.69, 9.17) is 4.74 Å². The third kappa shape index (κ3) is 4.54. The van der Waals surface area contributed by atoms with Gasteiger partial charge in [0.25, 0.3) is 5.91 Å². The van der Waals surface area contributed by atoms with Crippen LogP contribution in [0.1, 0.15) is 47.7 Å². The molecule has 1 saturated heterocycles. The number of anilines is 2. The Morgan fingerprint density at radius 3 is 2.63 bits per heavy atom. The highest BCUT2D eigenvalue weighted by molar-refractivity contribution is 6.31. The van der Waals surface area contributed by atoms with Crippen LogP contribution < -0.4 is 10.6 Å². The molecule has 30 heavy (non-hydrogen) atoms. The second-order valence-corrected chi connectivity index (χ2v) is 7.67. The molecule has 2 heterocycles. The summed E-state index contributed by atoms with van der Waals surface area (Å²) >= 11 is 0. The maximum absolute atomic E-state index is 12.4. The van der Waals surface area contributed by atoms with E-state index in [2.05, 4.69) is 27.7 Å². The highest BCUT2D eigenvalue weighted by Crippen LogP contribution is 2.32. The molecule has 2 aliphatic rings. The molecule has 0 aliphatic carbocycles. The predicted octanol–water partition coefficient (Wildman–Crippen LogP) is 4.25. The normalized spacial score (nSPS) is 17.5. The van der Waals surface area contributed by atoms with Crippen molar-refractivity contribution in [3.05, 3.63) is 65.4 Å². The fourth-order valence-electron chi connectivity index (χ4n) is 3.92. The molecule has 0 atom stereocenters. The average Bonchev–Trinajstić information content (AvgIpc) is 3.08. The number of nitrogens with one attached hydrogen (secondary N) is 2. The standard InChI is InChI=1S/C24H27N3O3/c1-2-30-24(29)18-8-11-20-21(23(28)26-22(20)14-18)15-25-19-9-6-17(7-10-19)16-27-12-4-3-5-13-27/h6-11,14-15,25H,2-5,12-13,16H2,1H3,(H,26,28)/b21-15-. The van der Waals surface area contributed by atoms with Crippen molar-refractivity contribution in [2.75, 3.05) is 30.3 Å². The van der Waals surface area contributed by atoms with Crippen LogP contribution >= 0.6 is 0 Å². The Morgan fingerprint density at radius 2 is 1.90 bits per heavy atom. The molecular formula is C24H27N3O3. The van der Waals surface area contributed by atoms with Gasteiger partial charge in [-0.1, -0.05) is 24.6 Å². The Morgan fingerprint density at radius 1 is 1.13 bits per heavy atom. The highest BCUT2D eigenvalue weighted by atomic mass is 16.5. The number of nitrogens with zero attached hydrogens (tertiary/aromatic N) is 1. The minimum Gasteiger partial charge on any atom is -0.462 e. The minimum atomic E-state index is -0.394. The van der Waals surface area contributed by atoms with Gasteiger partial charge >= 0.3 is 5.97 Å². The van der Waals surface area contributed by atoms with E-state index in [9.17, 15) is 9.59 Å². The molecule has 6 nitrogen and oxygen atoms in total. The number of hydrogen-bond acceptors (Lipinski definition) is 5. The molecular weight excluding hydrogens is 378 g/mol. The van der Waals surface area contributed by atoms with E-state index in [0.29, 0.717) is 23.4 Å². The summed E-state index contributed by atoms with van der Waals surface area (Å²) in [6, 6.07) is 13.4. The van der Waals surface area contributed by atoms with E-state index in [0.717, 1.165) is 17.8 Å². The molecule has 1 amide bonds. The number of piperidine rings is 1. The smallest absolute Gasteiger partial charge is 0.338 e. The number of carbonyl (C=O) groups is 2. The molecule has 2 aromatic rings. The largest absolute Gasteiger partial charge is 0.462 e. The zero-order valence-electron chi connectivity index (χ0n) is 17.2. The molecule has 0 saturated carbocycles. The minimum absolute atomic E-state index is 0.194. The van der Waals surface area contributed by atoms with Crippen LogP contribution in [0, 0.1) is 0 Å². The van der Waals surface area contributed by atoms with Crippen molar-refractivity contribution in [1.82, 2.24) is 4.90 Å². The molecule has 0 bridgehead atoms. The Hall–Kier alpha value is -3.12. The molecule has 2 N–H and O–H groups in total. The quantitative estimate of drug-likeness (QED) is 0.555. The third-order valence-electron chi connectivity index (χ3n) is 5.51. The molecule has 2 aliphatic heterocycles. The van der Waals surface area contributed by atoms with E-state index in [-0.39, 0.29) is 5.91 Å². The first-order valence-corrected chi connectivity index (χ1v) is 10.5. The van der Waals surface area contributed by atoms with E-state index < -0.39 is 5.97 Å². The Bertz CT molecular complexity index is 960. The molecule has 0 radical (unpaired) electrons. The van der Waals surface area contributed by atoms with Crippen LogP contribution in [-0.2, 0) is 16.1 Å². The summed E-state index contributed by atoms with van der Waals surface area (Å²) < 4.78 is 5.02. The molecule has 4 rings (SSSR count). The number of esters is 1. The molecule has 2 aromatic carbocycles. The lowest BCUT2D eigenvalue weighted by molar-refractivity contribution is -0.110. The monoisotopic (exact) mass is 405 g/mol. The fourth-order valence-corrected chi connectivity index (χ4v) is 3.92. The van der Waals surface area contributed by atoms with Crippen LogP contribution in [0.3, 0.4) is 0 Å². The van der Waals surface area contributed by atoms with Crippen molar-refractivity contribution in [3.63, 3.8) is 0 Å². The van der Waals surface area contributed by atoms with Crippen LogP contribution in [0.25, 0.3) is 5.57 Å². The second-order valence-electron chi connectivity index (χ2n) is 7.67. The first-order valence-electron chi connectivity index (χ1n) is 10.5. The maximum atomic E-state index is 12.4. The summed E-state index contributed by atoms with van der Waals surface area (Å²) in [4.78, 5) is 26.8. The van der Waals surface area contributed by atoms with Crippen molar-refractivity contribution < 1.29 is 14.3 Å². The average molecular weight is 405 g/mol. The Balaban J connectivity index is 1.43. The highest BCUT2D eigenvalue weighted by Gasteiger charge is 2.25. The first-order chi connectivity index (χ1) is 14.6. The fraction of sp³-hybridized carbons (Fsp3) is 0.333. The molecule has 0 unspecified atom stereocenters. The summed E-state index contributed by atoms with van der Waals surface area (Å²) in [6.07, 6.45) is 5.63. The summed E-state index contributed by atoms with van der Waals surface area (Å²) in [5, 5.41) is 6.03. The van der Waals surface area contributed by atoms with Crippen molar-refractivity contribution in [2.24, 2.45) is 0 Å². The van der Waals surface area contributed by atoms with Crippen LogP contribution in [0.4, 0.5) is 11.4 Å². The molecule has 156 valence electrons. The number of rotatable bonds is 6. The van der Waals surface area contributed by atoms with Gasteiger partial charge in [0.1, 0.15) is 0 Å². The van der Waals surface area contributed by atoms with Crippen molar-refractivity contribution in [2.45, 2.75) is 32.7 Å². The lowest BCUT2D eigenvalue weighted by Crippen LogP contribution is -2.29. The van der Waals surface area contributed by atoms with Gasteiger partial charge in [-0.2, -0.15) is 0 Å². The van der Waals surface area contributed by atoms with Crippen molar-refractivity contribution >= 4 is 28.8 Å². The molecule has 0 aromatic heterocycles. The Kier molecular flexibility index (Phi) is 6.14. The SMILES string of the molecule is CCOC(=O)c1ccc2c(c1)NC(=O)/C2=C\Nc1ccc(CN2CCCCC2)cc1. The summed E-state index contributed by atoms with van der Waals surface area (Å²) in [6.45, 7) is 5.42. The van der Waals surface area contributed by atoms with Gasteiger partial charge in [0.2, 0.25) is 0 Å². The Labute approximate surface area is 176 Å². The van der Waals surface area contributed by atoms with Crippen LogP contribution in [-0.4, -0.2) is 36.5 Å². The number of hydrogen-bond donors (Lipinski definition) is 2. The number of fused-ring (bicyclic) bond motifs is 1. The summed E-state index contributed by atoms with van der Waals surface area (Å²) in [5.41, 5.74) is 4.57. The summed E-state index contributed by atoms with van der Waals surface area (Å²) in [5.74, 6) is -0.588. The van der Waals surface area contributed by atoms with Crippen LogP contribution in [0.15, 0.2) is 48.7 Å².